The molecule has 0 radical (unpaired) electrons. The van der Waals surface area contributed by atoms with Crippen molar-refractivity contribution in [2.75, 3.05) is 7.11 Å². The molecular weight excluding hydrogens is 576 g/mol. The molecule has 12 heteroatoms. The fraction of sp³-hybridized carbons (Fsp3) is 0.667. The van der Waals surface area contributed by atoms with Gasteiger partial charge < -0.3 is 37.5 Å². The van der Waals surface area contributed by atoms with Crippen molar-refractivity contribution in [2.24, 2.45) is 29.2 Å². The monoisotopic (exact) mass is 632 g/mol. The van der Waals surface area contributed by atoms with Crippen LogP contribution in [0.25, 0.3) is 0 Å². The second-order valence-corrected chi connectivity index (χ2v) is 12.6. The van der Waals surface area contributed by atoms with Gasteiger partial charge in [-0.05, 0) is 42.6 Å². The molecule has 0 fully saturated rings. The first kappa shape index (κ1) is 39.5. The highest BCUT2D eigenvalue weighted by atomic mass is 16.5. The van der Waals surface area contributed by atoms with E-state index in [0.717, 1.165) is 5.56 Å². The van der Waals surface area contributed by atoms with Crippen molar-refractivity contribution in [3.05, 3.63) is 35.9 Å². The van der Waals surface area contributed by atoms with Gasteiger partial charge in [0, 0.05) is 18.5 Å². The predicted molar refractivity (Wildman–Crippen MR) is 174 cm³/mol. The Hall–Kier alpha value is -3.51. The maximum atomic E-state index is 13.4. The summed E-state index contributed by atoms with van der Waals surface area (Å²) < 4.78 is 4.83. The third-order valence-electron chi connectivity index (χ3n) is 7.90. The third-order valence-corrected chi connectivity index (χ3v) is 7.90. The van der Waals surface area contributed by atoms with Crippen LogP contribution in [0, 0.1) is 17.8 Å². The molecule has 1 aromatic rings. The van der Waals surface area contributed by atoms with E-state index in [9.17, 15) is 24.0 Å². The van der Waals surface area contributed by atoms with Gasteiger partial charge in [0.25, 0.3) is 0 Å². The number of nitrogens with two attached hydrogens (primary N) is 2. The maximum Gasteiger partial charge on any atom is 0.328 e. The summed E-state index contributed by atoms with van der Waals surface area (Å²) in [6.45, 7) is 13.0. The molecule has 0 aliphatic carbocycles. The lowest BCUT2D eigenvalue weighted by Gasteiger charge is -2.30. The van der Waals surface area contributed by atoms with Crippen LogP contribution in [-0.4, -0.2) is 73.0 Å². The Balaban J connectivity index is 3.11. The zero-order valence-electron chi connectivity index (χ0n) is 28.2. The molecule has 0 heterocycles. The van der Waals surface area contributed by atoms with Gasteiger partial charge in [0.05, 0.1) is 13.2 Å². The van der Waals surface area contributed by atoms with Gasteiger partial charge in [-0.15, -0.1) is 0 Å². The number of carbonyl (C=O) groups is 5. The largest absolute Gasteiger partial charge is 0.467 e. The van der Waals surface area contributed by atoms with Crippen molar-refractivity contribution in [1.29, 1.82) is 0 Å². The molecule has 0 saturated carbocycles. The van der Waals surface area contributed by atoms with E-state index in [1.807, 2.05) is 58.0 Å². The lowest BCUT2D eigenvalue weighted by molar-refractivity contribution is -0.147. The molecule has 1 aromatic carbocycles. The fourth-order valence-corrected chi connectivity index (χ4v) is 4.87. The molecule has 0 saturated heterocycles. The molecule has 0 spiro atoms. The highest BCUT2D eigenvalue weighted by Gasteiger charge is 2.33. The summed E-state index contributed by atoms with van der Waals surface area (Å²) in [5.74, 6) is -2.64. The first-order valence-corrected chi connectivity index (χ1v) is 16.0. The number of esters is 1. The first-order chi connectivity index (χ1) is 21.1. The van der Waals surface area contributed by atoms with Gasteiger partial charge in [-0.3, -0.25) is 19.2 Å². The Morgan fingerprint density at radius 3 is 1.91 bits per heavy atom. The molecule has 254 valence electrons. The highest BCUT2D eigenvalue weighted by molar-refractivity contribution is 5.91. The van der Waals surface area contributed by atoms with Gasteiger partial charge in [-0.25, -0.2) is 4.79 Å². The maximum absolute atomic E-state index is 13.4. The molecule has 0 aliphatic heterocycles. The van der Waals surface area contributed by atoms with E-state index < -0.39 is 65.8 Å². The lowest BCUT2D eigenvalue weighted by Crippen LogP contribution is -2.58. The fourth-order valence-electron chi connectivity index (χ4n) is 4.87. The van der Waals surface area contributed by atoms with Crippen LogP contribution in [0.2, 0.25) is 0 Å². The van der Waals surface area contributed by atoms with Crippen LogP contribution in [0.5, 0.6) is 0 Å². The summed E-state index contributed by atoms with van der Waals surface area (Å²) in [5, 5.41) is 11.2. The zero-order chi connectivity index (χ0) is 34.3. The Kier molecular flexibility index (Phi) is 17.4. The molecule has 8 N–H and O–H groups in total. The summed E-state index contributed by atoms with van der Waals surface area (Å²) in [7, 11) is 1.25. The molecule has 0 aliphatic rings. The molecule has 1 unspecified atom stereocenters. The minimum Gasteiger partial charge on any atom is -0.467 e. The summed E-state index contributed by atoms with van der Waals surface area (Å²) in [6, 6.07) is 4.54. The van der Waals surface area contributed by atoms with Crippen LogP contribution in [0.3, 0.4) is 0 Å². The normalized spacial score (nSPS) is 16.0. The first-order valence-electron chi connectivity index (χ1n) is 16.0. The number of nitrogens with one attached hydrogen (secondary N) is 4. The van der Waals surface area contributed by atoms with Crippen LogP contribution in [0.1, 0.15) is 79.7 Å². The van der Waals surface area contributed by atoms with Crippen molar-refractivity contribution in [1.82, 2.24) is 21.3 Å². The molecule has 1 rings (SSSR count). The van der Waals surface area contributed by atoms with Crippen molar-refractivity contribution in [2.45, 2.75) is 117 Å². The van der Waals surface area contributed by atoms with Gasteiger partial charge in [0.15, 0.2) is 0 Å². The Morgan fingerprint density at radius 1 is 0.778 bits per heavy atom. The van der Waals surface area contributed by atoms with Gasteiger partial charge in [0.1, 0.15) is 18.1 Å². The summed E-state index contributed by atoms with van der Waals surface area (Å²) in [4.78, 5) is 64.8. The standard InChI is InChI=1S/C33H56N6O6/c1-9-21(7)29(32(43)39-28(20(5)6)33(44)45-8)38-27(40)18-23(34)26(17-22-14-12-11-13-15-22)37-31(42)25(10-2)36-30(41)24(35)16-19(3)4/h11-15,19-21,23-26,28-29H,9-10,16-18,34-35H2,1-8H3,(H,36,41)(H,37,42)(H,38,40)(H,39,43)/t21-,23-,24-,25-,26-,28?,29-/m0/s1. The van der Waals surface area contributed by atoms with Crippen LogP contribution < -0.4 is 32.7 Å². The van der Waals surface area contributed by atoms with Crippen molar-refractivity contribution in [3.8, 4) is 0 Å². The summed E-state index contributed by atoms with van der Waals surface area (Å²) in [6.07, 6.45) is 1.55. The topological polar surface area (TPSA) is 195 Å². The predicted octanol–water partition coefficient (Wildman–Crippen LogP) is 1.54. The van der Waals surface area contributed by atoms with Gasteiger partial charge in [0.2, 0.25) is 23.6 Å². The Bertz CT molecular complexity index is 1100. The molecule has 7 atom stereocenters. The molecular formula is C33H56N6O6. The number of hydrogen-bond acceptors (Lipinski definition) is 8. The SMILES string of the molecule is CC[C@H](NC(=O)[C@@H](N)CC(C)C)C(=O)N[C@@H](Cc1ccccc1)[C@@H](N)CC(=O)N[C@H](C(=O)NC(C(=O)OC)C(C)C)[C@@H](C)CC. The number of ether oxygens (including phenoxy) is 1. The van der Waals surface area contributed by atoms with Crippen LogP contribution >= 0.6 is 0 Å². The average molecular weight is 633 g/mol. The summed E-state index contributed by atoms with van der Waals surface area (Å²) >= 11 is 0. The van der Waals surface area contributed by atoms with Crippen LogP contribution in [-0.2, 0) is 35.1 Å². The number of methoxy groups -OCH3 is 1. The quantitative estimate of drug-likeness (QED) is 0.124. The molecule has 0 aromatic heterocycles. The van der Waals surface area contributed by atoms with E-state index in [4.69, 9.17) is 16.2 Å². The van der Waals surface area contributed by atoms with E-state index >= 15 is 0 Å². The zero-order valence-corrected chi connectivity index (χ0v) is 28.2. The van der Waals surface area contributed by atoms with E-state index in [2.05, 4.69) is 21.3 Å². The number of amides is 4. The number of rotatable bonds is 19. The van der Waals surface area contributed by atoms with Gasteiger partial charge >= 0.3 is 5.97 Å². The lowest BCUT2D eigenvalue weighted by atomic mass is 9.94. The van der Waals surface area contributed by atoms with Crippen molar-refractivity contribution in [3.63, 3.8) is 0 Å². The minimum atomic E-state index is -0.919. The van der Waals surface area contributed by atoms with Crippen LogP contribution in [0.4, 0.5) is 0 Å². The van der Waals surface area contributed by atoms with E-state index in [-0.39, 0.29) is 24.2 Å². The number of benzene rings is 1. The summed E-state index contributed by atoms with van der Waals surface area (Å²) in [5.41, 5.74) is 13.5. The molecule has 0 bridgehead atoms. The molecule has 45 heavy (non-hydrogen) atoms. The van der Waals surface area contributed by atoms with Gasteiger partial charge in [-0.1, -0.05) is 85.2 Å². The number of hydrogen-bond donors (Lipinski definition) is 6. The van der Waals surface area contributed by atoms with Crippen LogP contribution in [0.15, 0.2) is 30.3 Å². The smallest absolute Gasteiger partial charge is 0.328 e. The van der Waals surface area contributed by atoms with Gasteiger partial charge in [-0.2, -0.15) is 0 Å². The van der Waals surface area contributed by atoms with E-state index in [1.54, 1.807) is 20.8 Å². The van der Waals surface area contributed by atoms with E-state index in [1.165, 1.54) is 7.11 Å². The molecule has 4 amide bonds. The molecule has 12 nitrogen and oxygen atoms in total. The van der Waals surface area contributed by atoms with Crippen molar-refractivity contribution >= 4 is 29.6 Å². The third kappa shape index (κ3) is 13.6. The minimum absolute atomic E-state index is 0.189. The van der Waals surface area contributed by atoms with E-state index in [0.29, 0.717) is 25.7 Å². The second kappa shape index (κ2) is 19.8. The Labute approximate surface area is 268 Å². The average Bonchev–Trinajstić information content (AvgIpc) is 2.99. The Morgan fingerprint density at radius 2 is 1.40 bits per heavy atom. The number of carbonyl (C=O) groups excluding carboxylic acids is 5. The second-order valence-electron chi connectivity index (χ2n) is 12.6. The van der Waals surface area contributed by atoms with Crippen molar-refractivity contribution < 1.29 is 28.7 Å². The highest BCUT2D eigenvalue weighted by Crippen LogP contribution is 2.13.